The molecular weight excluding hydrogens is 396 g/mol. The first kappa shape index (κ1) is 20.2. The first-order chi connectivity index (χ1) is 13.1. The van der Waals surface area contributed by atoms with Crippen LogP contribution in [-0.4, -0.2) is 68.2 Å². The molecule has 1 aromatic carbocycles. The summed E-state index contributed by atoms with van der Waals surface area (Å²) < 4.78 is 97.2. The number of rotatable bonds is 2. The quantitative estimate of drug-likeness (QED) is 0.703. The summed E-state index contributed by atoms with van der Waals surface area (Å²) in [5, 5.41) is 0. The van der Waals surface area contributed by atoms with Crippen LogP contribution >= 0.6 is 0 Å². The van der Waals surface area contributed by atoms with Crippen molar-refractivity contribution in [2.75, 3.05) is 33.4 Å². The van der Waals surface area contributed by atoms with Gasteiger partial charge in [0.05, 0.1) is 25.9 Å². The predicted octanol–water partition coefficient (Wildman–Crippen LogP) is 2.98. The van der Waals surface area contributed by atoms with Crippen LogP contribution in [0.2, 0.25) is 0 Å². The van der Waals surface area contributed by atoms with E-state index in [2.05, 4.69) is 9.98 Å². The summed E-state index contributed by atoms with van der Waals surface area (Å²) in [5.41, 5.74) is -4.86. The van der Waals surface area contributed by atoms with Crippen LogP contribution in [0.5, 0.6) is 5.75 Å². The number of ether oxygens (including phenoxy) is 3. The lowest BCUT2D eigenvalue weighted by Crippen LogP contribution is -2.58. The molecule has 0 spiro atoms. The number of alkyl halides is 6. The number of benzene rings is 1. The molecule has 0 radical (unpaired) electrons. The summed E-state index contributed by atoms with van der Waals surface area (Å²) in [6.07, 6.45) is -11.7. The van der Waals surface area contributed by atoms with Crippen molar-refractivity contribution in [3.63, 3.8) is 0 Å². The predicted molar refractivity (Wildman–Crippen MR) is 85.3 cm³/mol. The minimum Gasteiger partial charge on any atom is -0.496 e. The van der Waals surface area contributed by atoms with Gasteiger partial charge in [-0.3, -0.25) is 0 Å². The maximum absolute atomic E-state index is 13.6. The molecule has 1 aromatic rings. The van der Waals surface area contributed by atoms with Crippen molar-refractivity contribution < 1.29 is 40.6 Å². The van der Waals surface area contributed by atoms with E-state index in [1.54, 1.807) is 0 Å². The highest BCUT2D eigenvalue weighted by Crippen LogP contribution is 2.49. The minimum atomic E-state index is -5.85. The molecular formula is C16H15F6N3O3. The Kier molecular flexibility index (Phi) is 5.17. The molecule has 2 aliphatic rings. The van der Waals surface area contributed by atoms with Gasteiger partial charge in [0.1, 0.15) is 5.75 Å². The molecule has 2 heterocycles. The SMILES string of the molecule is COc1ccccc1C1=NC(C(F)(F)F)(C(F)(F)F)N=C(N2CCOCC2)O1. The van der Waals surface area contributed by atoms with Crippen LogP contribution < -0.4 is 4.74 Å². The van der Waals surface area contributed by atoms with Gasteiger partial charge < -0.3 is 19.1 Å². The van der Waals surface area contributed by atoms with E-state index < -0.39 is 29.9 Å². The van der Waals surface area contributed by atoms with Crippen molar-refractivity contribution >= 4 is 11.9 Å². The lowest BCUT2D eigenvalue weighted by Gasteiger charge is -2.37. The van der Waals surface area contributed by atoms with Gasteiger partial charge >= 0.3 is 18.0 Å². The van der Waals surface area contributed by atoms with Gasteiger partial charge in [-0.1, -0.05) is 12.1 Å². The zero-order chi connectivity index (χ0) is 20.6. The highest BCUT2D eigenvalue weighted by Gasteiger charge is 2.74. The third-order valence-corrected chi connectivity index (χ3v) is 4.12. The molecule has 0 atom stereocenters. The maximum atomic E-state index is 13.6. The van der Waals surface area contributed by atoms with E-state index in [-0.39, 0.29) is 37.6 Å². The lowest BCUT2D eigenvalue weighted by molar-refractivity contribution is -0.293. The molecule has 28 heavy (non-hydrogen) atoms. The van der Waals surface area contributed by atoms with E-state index in [9.17, 15) is 26.3 Å². The van der Waals surface area contributed by atoms with Crippen LogP contribution in [0, 0.1) is 0 Å². The maximum Gasteiger partial charge on any atom is 0.443 e. The van der Waals surface area contributed by atoms with Crippen LogP contribution in [0.4, 0.5) is 26.3 Å². The largest absolute Gasteiger partial charge is 0.496 e. The molecule has 0 amide bonds. The molecule has 0 aromatic heterocycles. The van der Waals surface area contributed by atoms with Crippen LogP contribution in [0.1, 0.15) is 5.56 Å². The second kappa shape index (κ2) is 7.15. The Labute approximate surface area is 155 Å². The third-order valence-electron chi connectivity index (χ3n) is 4.12. The number of amidine groups is 1. The summed E-state index contributed by atoms with van der Waals surface area (Å²) in [7, 11) is 1.22. The minimum absolute atomic E-state index is 0.00252. The molecule has 0 aliphatic carbocycles. The Morgan fingerprint density at radius 3 is 2.18 bits per heavy atom. The normalized spacial score (nSPS) is 20.2. The van der Waals surface area contributed by atoms with E-state index in [1.165, 1.54) is 31.4 Å². The van der Waals surface area contributed by atoms with Crippen molar-refractivity contribution in [3.05, 3.63) is 29.8 Å². The number of aliphatic imine (C=N–C) groups is 2. The van der Waals surface area contributed by atoms with Gasteiger partial charge in [-0.25, -0.2) is 4.99 Å². The van der Waals surface area contributed by atoms with Crippen molar-refractivity contribution in [1.29, 1.82) is 0 Å². The molecule has 1 saturated heterocycles. The fourth-order valence-corrected chi connectivity index (χ4v) is 2.68. The number of hydrogen-bond acceptors (Lipinski definition) is 6. The summed E-state index contributed by atoms with van der Waals surface area (Å²) in [6.45, 7) is 0.247. The Bertz CT molecular complexity index is 771. The Morgan fingerprint density at radius 1 is 1.00 bits per heavy atom. The van der Waals surface area contributed by atoms with Gasteiger partial charge in [-0.2, -0.15) is 31.3 Å². The molecule has 2 aliphatic heterocycles. The number of methoxy groups -OCH3 is 1. The molecule has 6 nitrogen and oxygen atoms in total. The second-order valence-corrected chi connectivity index (χ2v) is 5.88. The molecule has 12 heteroatoms. The summed E-state index contributed by atoms with van der Waals surface area (Å²) in [4.78, 5) is 6.95. The smallest absolute Gasteiger partial charge is 0.443 e. The summed E-state index contributed by atoms with van der Waals surface area (Å²) in [6, 6.07) is 4.70. The first-order valence-corrected chi connectivity index (χ1v) is 8.06. The Morgan fingerprint density at radius 2 is 1.61 bits per heavy atom. The van der Waals surface area contributed by atoms with Gasteiger partial charge in [0, 0.05) is 13.1 Å². The number of hydrogen-bond donors (Lipinski definition) is 0. The summed E-state index contributed by atoms with van der Waals surface area (Å²) >= 11 is 0. The number of para-hydroxylation sites is 1. The lowest BCUT2D eigenvalue weighted by atomic mass is 10.1. The average molecular weight is 411 g/mol. The monoisotopic (exact) mass is 411 g/mol. The van der Waals surface area contributed by atoms with Crippen LogP contribution in [0.25, 0.3) is 0 Å². The van der Waals surface area contributed by atoms with E-state index in [0.717, 1.165) is 4.90 Å². The van der Waals surface area contributed by atoms with E-state index >= 15 is 0 Å². The van der Waals surface area contributed by atoms with Crippen LogP contribution in [-0.2, 0) is 9.47 Å². The van der Waals surface area contributed by atoms with E-state index in [0.29, 0.717) is 0 Å². The van der Waals surface area contributed by atoms with Crippen molar-refractivity contribution in [3.8, 4) is 5.75 Å². The first-order valence-electron chi connectivity index (χ1n) is 8.06. The van der Waals surface area contributed by atoms with Gasteiger partial charge in [-0.05, 0) is 12.1 Å². The third kappa shape index (κ3) is 3.48. The highest BCUT2D eigenvalue weighted by atomic mass is 19.4. The van der Waals surface area contributed by atoms with Gasteiger partial charge in [-0.15, -0.1) is 0 Å². The topological polar surface area (TPSA) is 55.7 Å². The van der Waals surface area contributed by atoms with Gasteiger partial charge in [0.2, 0.25) is 5.90 Å². The number of halogens is 6. The number of morpholine rings is 1. The van der Waals surface area contributed by atoms with E-state index in [1.807, 2.05) is 0 Å². The molecule has 0 saturated carbocycles. The fourth-order valence-electron chi connectivity index (χ4n) is 2.68. The average Bonchev–Trinajstić information content (AvgIpc) is 2.66. The standard InChI is InChI=1S/C16H15F6N3O3/c1-26-11-5-3-2-4-10(11)12-23-14(15(17,18)19,16(20,21)22)24-13(28-12)25-6-8-27-9-7-25/h2-5H,6-9H2,1H3. The number of nitrogens with zero attached hydrogens (tertiary/aromatic N) is 3. The molecule has 0 bridgehead atoms. The van der Waals surface area contributed by atoms with Crippen LogP contribution in [0.15, 0.2) is 34.3 Å². The Balaban J connectivity index is 2.19. The van der Waals surface area contributed by atoms with Crippen molar-refractivity contribution in [1.82, 2.24) is 4.90 Å². The second-order valence-electron chi connectivity index (χ2n) is 5.88. The molecule has 154 valence electrons. The molecule has 3 rings (SSSR count). The highest BCUT2D eigenvalue weighted by molar-refractivity contribution is 6.04. The summed E-state index contributed by atoms with van der Waals surface area (Å²) in [5.74, 6) is -0.883. The molecule has 1 fully saturated rings. The molecule has 0 unspecified atom stereocenters. The van der Waals surface area contributed by atoms with Gasteiger partial charge in [0.25, 0.3) is 6.02 Å². The van der Waals surface area contributed by atoms with Crippen molar-refractivity contribution in [2.45, 2.75) is 18.0 Å². The molecule has 0 N–H and O–H groups in total. The van der Waals surface area contributed by atoms with Gasteiger partial charge in [0.15, 0.2) is 0 Å². The zero-order valence-electron chi connectivity index (χ0n) is 14.5. The van der Waals surface area contributed by atoms with Crippen LogP contribution in [0.3, 0.4) is 0 Å². The van der Waals surface area contributed by atoms with E-state index in [4.69, 9.17) is 14.2 Å². The van der Waals surface area contributed by atoms with Crippen molar-refractivity contribution in [2.24, 2.45) is 9.98 Å². The fraction of sp³-hybridized carbons (Fsp3) is 0.500. The zero-order valence-corrected chi connectivity index (χ0v) is 14.5. The Hall–Kier alpha value is -2.50.